The van der Waals surface area contributed by atoms with Gasteiger partial charge in [0.05, 0.1) is 6.61 Å². The molecule has 4 rings (SSSR count). The molecule has 0 aliphatic rings. The van der Waals surface area contributed by atoms with Gasteiger partial charge in [-0.2, -0.15) is 0 Å². The lowest BCUT2D eigenvalue weighted by Crippen LogP contribution is -2.01. The molecule has 0 aliphatic heterocycles. The van der Waals surface area contributed by atoms with E-state index < -0.39 is 0 Å². The van der Waals surface area contributed by atoms with Gasteiger partial charge in [0.15, 0.2) is 0 Å². The summed E-state index contributed by atoms with van der Waals surface area (Å²) in [6.07, 6.45) is 0. The van der Waals surface area contributed by atoms with Crippen LogP contribution in [0.3, 0.4) is 0 Å². The molecule has 0 atom stereocenters. The number of aromatic nitrogens is 3. The fourth-order valence-electron chi connectivity index (χ4n) is 2.45. The topological polar surface area (TPSA) is 63.4 Å². The zero-order valence-electron chi connectivity index (χ0n) is 10.9. The lowest BCUT2D eigenvalue weighted by Gasteiger charge is -2.05. The number of fused-ring (bicyclic) bond motifs is 4. The quantitative estimate of drug-likeness (QED) is 0.607. The molecule has 4 aromatic rings. The first kappa shape index (κ1) is 12.4. The van der Waals surface area contributed by atoms with Gasteiger partial charge in [0.2, 0.25) is 0 Å². The Morgan fingerprint density at radius 2 is 1.86 bits per heavy atom. The monoisotopic (exact) mass is 305 g/mol. The fraction of sp³-hybridized carbons (Fsp3) is 0.143. The molecule has 21 heavy (non-hydrogen) atoms. The van der Waals surface area contributed by atoms with Crippen LogP contribution in [0.1, 0.15) is 0 Å². The van der Waals surface area contributed by atoms with E-state index in [-0.39, 0.29) is 19.0 Å². The Bertz CT molecular complexity index is 921. The molecule has 0 aliphatic carbocycles. The van der Waals surface area contributed by atoms with E-state index in [0.29, 0.717) is 16.5 Å². The van der Waals surface area contributed by atoms with E-state index in [4.69, 9.17) is 21.4 Å². The van der Waals surface area contributed by atoms with E-state index in [1.807, 2.05) is 32.3 Å². The SMILES string of the molecule is OCCOc1ccc(-n2n3c4ccc(Cl)cc4n23)c(O)c1. The zero-order chi connectivity index (χ0) is 14.6. The molecule has 108 valence electrons. The van der Waals surface area contributed by atoms with Gasteiger partial charge in [0.25, 0.3) is 0 Å². The molecule has 2 N–H and O–H groups in total. The molecule has 6 nitrogen and oxygen atoms in total. The predicted molar refractivity (Wildman–Crippen MR) is 78.1 cm³/mol. The van der Waals surface area contributed by atoms with Crippen molar-refractivity contribution >= 4 is 22.6 Å². The molecular formula is C14H12ClN3O3. The van der Waals surface area contributed by atoms with Crippen LogP contribution < -0.4 is 4.74 Å². The Labute approximate surface area is 124 Å². The summed E-state index contributed by atoms with van der Waals surface area (Å²) in [4.78, 5) is 1.84. The highest BCUT2D eigenvalue weighted by Gasteiger charge is 2.25. The predicted octanol–water partition coefficient (Wildman–Crippen LogP) is 2.15. The van der Waals surface area contributed by atoms with Gasteiger partial charge in [-0.05, 0) is 30.3 Å². The number of rotatable bonds is 4. The standard InChI is InChI=1S/C14H12ClN3O3/c15-9-1-3-11-13(7-9)18-16(11)17(18)12-4-2-10(8-14(12)20)21-6-5-19/h1-4,7-8,19-20H,5-6H2. The van der Waals surface area contributed by atoms with Gasteiger partial charge in [0.1, 0.15) is 34.8 Å². The van der Waals surface area contributed by atoms with Crippen molar-refractivity contribution in [2.45, 2.75) is 0 Å². The summed E-state index contributed by atoms with van der Waals surface area (Å²) in [7, 11) is 0. The van der Waals surface area contributed by atoms with Crippen LogP contribution in [0, 0.1) is 0 Å². The number of hydrogen-bond acceptors (Lipinski definition) is 3. The minimum Gasteiger partial charge on any atom is -0.505 e. The number of phenols is 1. The second-order valence-electron chi connectivity index (χ2n) is 4.72. The van der Waals surface area contributed by atoms with Crippen molar-refractivity contribution in [2.75, 3.05) is 13.2 Å². The van der Waals surface area contributed by atoms with E-state index in [1.165, 1.54) is 6.07 Å². The Balaban J connectivity index is 1.73. The summed E-state index contributed by atoms with van der Waals surface area (Å²) in [5, 5.41) is 19.5. The van der Waals surface area contributed by atoms with Gasteiger partial charge in [0, 0.05) is 11.1 Å². The van der Waals surface area contributed by atoms with Crippen molar-refractivity contribution in [1.29, 1.82) is 0 Å². The molecule has 2 heterocycles. The van der Waals surface area contributed by atoms with Crippen LogP contribution >= 0.6 is 11.6 Å². The third-order valence-electron chi connectivity index (χ3n) is 3.40. The number of phenolic OH excluding ortho intramolecular Hbond substituents is 1. The van der Waals surface area contributed by atoms with Gasteiger partial charge in [-0.15, -0.1) is 14.1 Å². The highest BCUT2D eigenvalue weighted by molar-refractivity contribution is 6.31. The number of ether oxygens (including phenoxy) is 1. The van der Waals surface area contributed by atoms with Gasteiger partial charge < -0.3 is 14.9 Å². The molecule has 0 fully saturated rings. The second-order valence-corrected chi connectivity index (χ2v) is 5.16. The lowest BCUT2D eigenvalue weighted by atomic mass is 10.3. The maximum Gasteiger partial charge on any atom is 0.146 e. The summed E-state index contributed by atoms with van der Waals surface area (Å²) in [6, 6.07) is 10.7. The van der Waals surface area contributed by atoms with E-state index >= 15 is 0 Å². The van der Waals surface area contributed by atoms with Crippen LogP contribution in [0.2, 0.25) is 5.02 Å². The van der Waals surface area contributed by atoms with Crippen LogP contribution in [0.25, 0.3) is 16.7 Å². The molecular weight excluding hydrogens is 294 g/mol. The largest absolute Gasteiger partial charge is 0.505 e. The van der Waals surface area contributed by atoms with Crippen molar-refractivity contribution in [2.24, 2.45) is 0 Å². The van der Waals surface area contributed by atoms with E-state index in [9.17, 15) is 5.11 Å². The van der Waals surface area contributed by atoms with Crippen LogP contribution in [0.5, 0.6) is 11.5 Å². The Hall–Kier alpha value is -2.31. The summed E-state index contributed by atoms with van der Waals surface area (Å²) in [5.41, 5.74) is 2.69. The molecule has 2 aromatic carbocycles. The number of nitrogens with zero attached hydrogens (tertiary/aromatic N) is 3. The van der Waals surface area contributed by atoms with Gasteiger partial charge in [-0.1, -0.05) is 11.6 Å². The maximum absolute atomic E-state index is 10.1. The van der Waals surface area contributed by atoms with Gasteiger partial charge >= 0.3 is 0 Å². The summed E-state index contributed by atoms with van der Waals surface area (Å²) < 4.78 is 9.10. The van der Waals surface area contributed by atoms with Crippen molar-refractivity contribution in [3.05, 3.63) is 41.4 Å². The molecule has 2 aromatic heterocycles. The Morgan fingerprint density at radius 1 is 1.05 bits per heavy atom. The Morgan fingerprint density at radius 3 is 2.62 bits per heavy atom. The molecule has 0 spiro atoms. The average Bonchev–Trinajstić information content (AvgIpc) is 3.12. The first-order chi connectivity index (χ1) is 10.2. The van der Waals surface area contributed by atoms with Crippen LogP contribution in [0.4, 0.5) is 0 Å². The van der Waals surface area contributed by atoms with Crippen molar-refractivity contribution in [3.8, 4) is 17.2 Å². The van der Waals surface area contributed by atoms with Crippen molar-refractivity contribution < 1.29 is 14.9 Å². The van der Waals surface area contributed by atoms with Crippen LogP contribution in [-0.4, -0.2) is 37.5 Å². The summed E-state index contributed by atoms with van der Waals surface area (Å²) in [6.45, 7) is 0.136. The highest BCUT2D eigenvalue weighted by Crippen LogP contribution is 2.33. The first-order valence-electron chi connectivity index (χ1n) is 6.47. The molecule has 0 unspecified atom stereocenters. The van der Waals surface area contributed by atoms with E-state index in [1.54, 1.807) is 12.1 Å². The zero-order valence-corrected chi connectivity index (χ0v) is 11.7. The normalized spacial score (nSPS) is 11.9. The third kappa shape index (κ3) is 1.76. The van der Waals surface area contributed by atoms with Gasteiger partial charge in [-0.25, -0.2) is 0 Å². The van der Waals surface area contributed by atoms with Crippen molar-refractivity contribution in [1.82, 2.24) is 14.1 Å². The fourth-order valence-corrected chi connectivity index (χ4v) is 2.61. The number of aromatic hydroxyl groups is 1. The average molecular weight is 306 g/mol. The lowest BCUT2D eigenvalue weighted by molar-refractivity contribution is 0.201. The molecule has 7 heteroatoms. The van der Waals surface area contributed by atoms with E-state index in [0.717, 1.165) is 11.0 Å². The van der Waals surface area contributed by atoms with Crippen molar-refractivity contribution in [3.63, 3.8) is 0 Å². The van der Waals surface area contributed by atoms with Crippen LogP contribution in [-0.2, 0) is 0 Å². The number of benzene rings is 2. The minimum atomic E-state index is -0.0632. The minimum absolute atomic E-state index is 0.0632. The second kappa shape index (κ2) is 4.34. The molecule has 0 saturated heterocycles. The maximum atomic E-state index is 10.1. The first-order valence-corrected chi connectivity index (χ1v) is 6.85. The molecule has 0 amide bonds. The smallest absolute Gasteiger partial charge is 0.146 e. The highest BCUT2D eigenvalue weighted by atomic mass is 35.5. The molecule has 0 saturated carbocycles. The summed E-state index contributed by atoms with van der Waals surface area (Å²) >= 11 is 5.98. The summed E-state index contributed by atoms with van der Waals surface area (Å²) in [5.74, 6) is 0.627. The van der Waals surface area contributed by atoms with Gasteiger partial charge in [-0.3, -0.25) is 0 Å². The number of aliphatic hydroxyl groups is 1. The number of aliphatic hydroxyl groups excluding tert-OH is 1. The molecule has 0 radical (unpaired) electrons. The van der Waals surface area contributed by atoms with E-state index in [2.05, 4.69) is 0 Å². The third-order valence-corrected chi connectivity index (χ3v) is 3.63. The number of halogens is 1. The Kier molecular flexibility index (Phi) is 2.57. The molecule has 0 bridgehead atoms. The number of hydrogen-bond donors (Lipinski definition) is 2. The van der Waals surface area contributed by atoms with Crippen LogP contribution in [0.15, 0.2) is 36.4 Å².